The predicted molar refractivity (Wildman–Crippen MR) is 173 cm³/mol. The van der Waals surface area contributed by atoms with Crippen molar-refractivity contribution in [2.75, 3.05) is 13.7 Å². The standard InChI is InChI=1S/C39H58N3O2/c1-34(2)18-20-39-21-19-37(6)27(31(39)33(34)44-24-39)14-15-30-36(5)22-28-32(35(3,4)29(36)16-17-38(30,37)7)42(40-41(28)8)23-25-10-12-26(43-9)13-11-25/h10-13,27,29-31,33H,14-24H2,1-9H3/q+1/t27-,29+,30-,31+,33-,36+,37-,38-,39-/m1/s1. The lowest BCUT2D eigenvalue weighted by atomic mass is 9.31. The molecule has 5 nitrogen and oxygen atoms in total. The first-order valence-electron chi connectivity index (χ1n) is 17.9. The van der Waals surface area contributed by atoms with Crippen molar-refractivity contribution in [2.45, 2.75) is 124 Å². The topological polar surface area (TPSA) is 40.2 Å². The van der Waals surface area contributed by atoms with Crippen molar-refractivity contribution < 1.29 is 14.2 Å². The lowest BCUT2D eigenvalue weighted by molar-refractivity contribution is -0.757. The lowest BCUT2D eigenvalue weighted by Gasteiger charge is -2.72. The van der Waals surface area contributed by atoms with E-state index in [1.54, 1.807) is 7.11 Å². The van der Waals surface area contributed by atoms with E-state index in [0.717, 1.165) is 43.1 Å². The number of methoxy groups -OCH3 is 1. The molecule has 0 radical (unpaired) electrons. The smallest absolute Gasteiger partial charge is 0.177 e. The largest absolute Gasteiger partial charge is 0.497 e. The Morgan fingerprint density at radius 2 is 1.61 bits per heavy atom. The van der Waals surface area contributed by atoms with Gasteiger partial charge in [-0.3, -0.25) is 0 Å². The van der Waals surface area contributed by atoms with E-state index in [1.807, 2.05) is 0 Å². The first kappa shape index (κ1) is 29.5. The van der Waals surface area contributed by atoms with Gasteiger partial charge in [-0.1, -0.05) is 60.6 Å². The average molecular weight is 601 g/mol. The molecule has 5 fully saturated rings. The fourth-order valence-electron chi connectivity index (χ4n) is 13.8. The highest BCUT2D eigenvalue weighted by Crippen LogP contribution is 2.77. The molecule has 4 saturated carbocycles. The Bertz CT molecular complexity index is 1470. The zero-order valence-corrected chi connectivity index (χ0v) is 29.1. The molecule has 2 heterocycles. The molecule has 9 atom stereocenters. The maximum absolute atomic E-state index is 6.82. The van der Waals surface area contributed by atoms with Crippen molar-refractivity contribution in [1.29, 1.82) is 0 Å². The molecule has 2 aromatic rings. The Balaban J connectivity index is 1.15. The summed E-state index contributed by atoms with van der Waals surface area (Å²) in [4.78, 5) is 0. The molecule has 1 aromatic carbocycles. The van der Waals surface area contributed by atoms with Gasteiger partial charge in [0.15, 0.2) is 11.4 Å². The molecule has 2 bridgehead atoms. The van der Waals surface area contributed by atoms with Crippen LogP contribution in [0.1, 0.15) is 117 Å². The Hall–Kier alpha value is -1.88. The number of benzene rings is 1. The fraction of sp³-hybridized carbons (Fsp3) is 0.795. The summed E-state index contributed by atoms with van der Waals surface area (Å²) in [6.45, 7) is 20.2. The van der Waals surface area contributed by atoms with Crippen LogP contribution in [0, 0.1) is 50.7 Å². The van der Waals surface area contributed by atoms with E-state index in [2.05, 4.69) is 89.1 Å². The van der Waals surface area contributed by atoms with Gasteiger partial charge < -0.3 is 9.47 Å². The number of hydrogen-bond acceptors (Lipinski definition) is 3. The Kier molecular flexibility index (Phi) is 6.13. The summed E-state index contributed by atoms with van der Waals surface area (Å²) in [6, 6.07) is 8.53. The van der Waals surface area contributed by atoms with Gasteiger partial charge in [0.05, 0.1) is 25.0 Å². The van der Waals surface area contributed by atoms with Crippen LogP contribution in [0.15, 0.2) is 24.3 Å². The van der Waals surface area contributed by atoms with Crippen LogP contribution >= 0.6 is 0 Å². The second-order valence-corrected chi connectivity index (χ2v) is 18.5. The molecule has 44 heavy (non-hydrogen) atoms. The molecule has 8 rings (SSSR count). The summed E-state index contributed by atoms with van der Waals surface area (Å²) in [6.07, 6.45) is 12.6. The van der Waals surface area contributed by atoms with Crippen molar-refractivity contribution in [3.05, 3.63) is 41.2 Å². The molecule has 0 spiro atoms. The number of ether oxygens (including phenoxy) is 2. The van der Waals surface area contributed by atoms with Crippen molar-refractivity contribution in [1.82, 2.24) is 9.90 Å². The van der Waals surface area contributed by atoms with Gasteiger partial charge in [-0.05, 0) is 120 Å². The van der Waals surface area contributed by atoms with Crippen molar-refractivity contribution >= 4 is 0 Å². The first-order chi connectivity index (χ1) is 20.7. The summed E-state index contributed by atoms with van der Waals surface area (Å²) in [5.74, 6) is 3.88. The third kappa shape index (κ3) is 3.57. The maximum atomic E-state index is 6.82. The molecule has 1 aliphatic heterocycles. The zero-order chi connectivity index (χ0) is 31.1. The molecule has 0 N–H and O–H groups in total. The summed E-state index contributed by atoms with van der Waals surface area (Å²) in [5.41, 5.74) is 6.11. The first-order valence-corrected chi connectivity index (χ1v) is 17.9. The minimum absolute atomic E-state index is 0.0686. The maximum Gasteiger partial charge on any atom is 0.177 e. The number of hydrogen-bond donors (Lipinski definition) is 0. The van der Waals surface area contributed by atoms with E-state index in [-0.39, 0.29) is 10.8 Å². The van der Waals surface area contributed by atoms with Gasteiger partial charge >= 0.3 is 0 Å². The second kappa shape index (κ2) is 9.14. The lowest BCUT2D eigenvalue weighted by Crippen LogP contribution is -2.68. The number of aryl methyl sites for hydroxylation is 1. The number of rotatable bonds is 3. The van der Waals surface area contributed by atoms with Crippen LogP contribution in [-0.2, 0) is 30.2 Å². The Labute approximate surface area is 266 Å². The molecular weight excluding hydrogens is 542 g/mol. The van der Waals surface area contributed by atoms with Crippen molar-refractivity contribution in [3.63, 3.8) is 0 Å². The molecular formula is C39H58N3O2+. The highest BCUT2D eigenvalue weighted by molar-refractivity contribution is 5.31. The van der Waals surface area contributed by atoms with Crippen LogP contribution in [0.25, 0.3) is 0 Å². The number of nitrogens with zero attached hydrogens (tertiary/aromatic N) is 3. The van der Waals surface area contributed by atoms with Gasteiger partial charge in [-0.15, -0.1) is 9.36 Å². The van der Waals surface area contributed by atoms with E-state index < -0.39 is 0 Å². The minimum Gasteiger partial charge on any atom is -0.497 e. The van der Waals surface area contributed by atoms with Gasteiger partial charge in [0.2, 0.25) is 0 Å². The normalized spacial score (nSPS) is 44.5. The SMILES string of the molecule is COc1ccc(C[n+]2nn(C)c3c2C(C)(C)[C@@H]2CC[C@]4(C)[C@H](CC[C@@H]5[C@H]6[C@H]7OC[C@@]6(CCC7(C)C)CC[C@]54C)[C@@]2(C)C3)cc1. The number of aromatic nitrogens is 3. The number of fused-ring (bicyclic) bond motifs is 6. The summed E-state index contributed by atoms with van der Waals surface area (Å²) < 4.78 is 16.8. The predicted octanol–water partition coefficient (Wildman–Crippen LogP) is 7.67. The average Bonchev–Trinajstić information content (AvgIpc) is 3.47. The van der Waals surface area contributed by atoms with E-state index in [0.29, 0.717) is 33.7 Å². The Morgan fingerprint density at radius 3 is 2.34 bits per heavy atom. The van der Waals surface area contributed by atoms with Gasteiger partial charge in [0.1, 0.15) is 19.3 Å². The fourth-order valence-corrected chi connectivity index (χ4v) is 13.8. The molecule has 5 aliphatic carbocycles. The van der Waals surface area contributed by atoms with E-state index in [9.17, 15) is 0 Å². The van der Waals surface area contributed by atoms with E-state index in [1.165, 1.54) is 68.3 Å². The summed E-state index contributed by atoms with van der Waals surface area (Å²) in [7, 11) is 3.94. The van der Waals surface area contributed by atoms with Gasteiger partial charge in [-0.25, -0.2) is 0 Å². The third-order valence-corrected chi connectivity index (χ3v) is 16.1. The molecule has 0 unspecified atom stereocenters. The van der Waals surface area contributed by atoms with Gasteiger partial charge in [-0.2, -0.15) is 0 Å². The highest BCUT2D eigenvalue weighted by Gasteiger charge is 2.73. The quantitative estimate of drug-likeness (QED) is 0.340. The third-order valence-electron chi connectivity index (χ3n) is 16.1. The van der Waals surface area contributed by atoms with Gasteiger partial charge in [0, 0.05) is 11.8 Å². The van der Waals surface area contributed by atoms with Crippen LogP contribution in [-0.4, -0.2) is 29.7 Å². The monoisotopic (exact) mass is 600 g/mol. The van der Waals surface area contributed by atoms with Crippen LogP contribution in [0.5, 0.6) is 5.75 Å². The molecule has 240 valence electrons. The zero-order valence-electron chi connectivity index (χ0n) is 29.1. The highest BCUT2D eigenvalue weighted by atomic mass is 16.5. The van der Waals surface area contributed by atoms with Crippen molar-refractivity contribution in [3.8, 4) is 5.75 Å². The van der Waals surface area contributed by atoms with Crippen molar-refractivity contribution in [2.24, 2.45) is 57.8 Å². The van der Waals surface area contributed by atoms with E-state index >= 15 is 0 Å². The molecule has 6 aliphatic rings. The molecule has 0 amide bonds. The molecule has 5 heteroatoms. The Morgan fingerprint density at radius 1 is 0.886 bits per heavy atom. The molecule has 1 saturated heterocycles. The van der Waals surface area contributed by atoms with Crippen LogP contribution in [0.2, 0.25) is 0 Å². The van der Waals surface area contributed by atoms with Gasteiger partial charge in [0.25, 0.3) is 0 Å². The summed E-state index contributed by atoms with van der Waals surface area (Å²) in [5, 5.41) is 5.19. The van der Waals surface area contributed by atoms with Crippen LogP contribution in [0.4, 0.5) is 0 Å². The van der Waals surface area contributed by atoms with Crippen LogP contribution < -0.4 is 9.42 Å². The van der Waals surface area contributed by atoms with Crippen LogP contribution in [0.3, 0.4) is 0 Å². The molecule has 1 aromatic heterocycles. The minimum atomic E-state index is 0.0686. The van der Waals surface area contributed by atoms with E-state index in [4.69, 9.17) is 14.7 Å². The summed E-state index contributed by atoms with van der Waals surface area (Å²) >= 11 is 0. The second-order valence-electron chi connectivity index (χ2n) is 18.5.